The first-order chi connectivity index (χ1) is 13.7. The second-order valence-electron chi connectivity index (χ2n) is 7.50. The summed E-state index contributed by atoms with van der Waals surface area (Å²) in [5.41, 5.74) is 4.41. The van der Waals surface area contributed by atoms with Crippen LogP contribution in [0.3, 0.4) is 0 Å². The summed E-state index contributed by atoms with van der Waals surface area (Å²) < 4.78 is 0. The fourth-order valence-corrected chi connectivity index (χ4v) is 3.35. The van der Waals surface area contributed by atoms with Crippen molar-refractivity contribution in [3.8, 4) is 0 Å². The van der Waals surface area contributed by atoms with E-state index >= 15 is 0 Å². The third kappa shape index (κ3) is 4.57. The van der Waals surface area contributed by atoms with Gasteiger partial charge < -0.3 is 15.5 Å². The van der Waals surface area contributed by atoms with Gasteiger partial charge in [0.1, 0.15) is 0 Å². The van der Waals surface area contributed by atoms with Crippen LogP contribution in [0.5, 0.6) is 0 Å². The largest absolute Gasteiger partial charge is 0.372 e. The van der Waals surface area contributed by atoms with Gasteiger partial charge in [0.05, 0.1) is 6.20 Å². The van der Waals surface area contributed by atoms with Crippen molar-refractivity contribution in [2.45, 2.75) is 26.7 Å². The third-order valence-electron chi connectivity index (χ3n) is 5.16. The molecule has 0 amide bonds. The van der Waals surface area contributed by atoms with Crippen LogP contribution in [0.4, 0.5) is 28.8 Å². The summed E-state index contributed by atoms with van der Waals surface area (Å²) in [7, 11) is 0. The molecule has 0 aliphatic carbocycles. The topological polar surface area (TPSA) is 66.0 Å². The van der Waals surface area contributed by atoms with Gasteiger partial charge in [-0.2, -0.15) is 10.1 Å². The molecule has 6 heteroatoms. The lowest BCUT2D eigenvalue weighted by molar-refractivity contribution is 0.438. The Hall–Kier alpha value is -3.15. The van der Waals surface area contributed by atoms with E-state index in [4.69, 9.17) is 0 Å². The molecule has 1 fully saturated rings. The van der Waals surface area contributed by atoms with Gasteiger partial charge in [-0.3, -0.25) is 0 Å². The van der Waals surface area contributed by atoms with Crippen molar-refractivity contribution in [3.05, 3.63) is 60.3 Å². The summed E-state index contributed by atoms with van der Waals surface area (Å²) >= 11 is 0. The van der Waals surface area contributed by atoms with Crippen LogP contribution in [0.2, 0.25) is 0 Å². The van der Waals surface area contributed by atoms with E-state index < -0.39 is 0 Å². The maximum Gasteiger partial charge on any atom is 0.249 e. The molecule has 3 aromatic rings. The van der Waals surface area contributed by atoms with Crippen molar-refractivity contribution in [1.82, 2.24) is 15.2 Å². The maximum absolute atomic E-state index is 4.50. The van der Waals surface area contributed by atoms with Crippen molar-refractivity contribution in [3.63, 3.8) is 0 Å². The quantitative estimate of drug-likeness (QED) is 0.662. The van der Waals surface area contributed by atoms with Gasteiger partial charge in [0.2, 0.25) is 5.95 Å². The summed E-state index contributed by atoms with van der Waals surface area (Å²) in [4.78, 5) is 6.95. The highest BCUT2D eigenvalue weighted by Crippen LogP contribution is 2.25. The zero-order valence-corrected chi connectivity index (χ0v) is 16.4. The molecule has 0 saturated carbocycles. The molecule has 0 spiro atoms. The Balaban J connectivity index is 1.40. The second-order valence-corrected chi connectivity index (χ2v) is 7.50. The molecular formula is C22H26N6. The molecular weight excluding hydrogens is 348 g/mol. The molecule has 2 aromatic carbocycles. The van der Waals surface area contributed by atoms with Gasteiger partial charge in [0.15, 0.2) is 5.82 Å². The normalized spacial score (nSPS) is 14.7. The minimum absolute atomic E-state index is 0.469. The lowest BCUT2D eigenvalue weighted by Crippen LogP contribution is -2.32. The Kier molecular flexibility index (Phi) is 5.37. The molecule has 0 unspecified atom stereocenters. The van der Waals surface area contributed by atoms with Crippen LogP contribution in [0.25, 0.3) is 0 Å². The van der Waals surface area contributed by atoms with E-state index in [0.717, 1.165) is 30.4 Å². The predicted octanol–water partition coefficient (Wildman–Crippen LogP) is 4.90. The van der Waals surface area contributed by atoms with Gasteiger partial charge in [-0.25, -0.2) is 0 Å². The third-order valence-corrected chi connectivity index (χ3v) is 5.16. The first-order valence-corrected chi connectivity index (χ1v) is 9.81. The van der Waals surface area contributed by atoms with Crippen LogP contribution in [-0.4, -0.2) is 28.3 Å². The SMILES string of the molecule is Cc1ccc(Nc2cnnc(Nc3ccc(N4CCC(C)CC4)cc3)n2)cc1. The Labute approximate surface area is 166 Å². The fraction of sp³-hybridized carbons (Fsp3) is 0.318. The van der Waals surface area contributed by atoms with Gasteiger partial charge in [0, 0.05) is 30.2 Å². The van der Waals surface area contributed by atoms with Gasteiger partial charge in [-0.1, -0.05) is 24.6 Å². The first kappa shape index (κ1) is 18.2. The van der Waals surface area contributed by atoms with Gasteiger partial charge in [-0.15, -0.1) is 5.10 Å². The van der Waals surface area contributed by atoms with Crippen LogP contribution >= 0.6 is 0 Å². The lowest BCUT2D eigenvalue weighted by Gasteiger charge is -2.32. The van der Waals surface area contributed by atoms with Crippen LogP contribution in [0.1, 0.15) is 25.3 Å². The average molecular weight is 374 g/mol. The van der Waals surface area contributed by atoms with Crippen LogP contribution in [0.15, 0.2) is 54.7 Å². The number of hydrogen-bond donors (Lipinski definition) is 2. The van der Waals surface area contributed by atoms with Gasteiger partial charge in [0.25, 0.3) is 0 Å². The van der Waals surface area contributed by atoms with Crippen LogP contribution in [-0.2, 0) is 0 Å². The Morgan fingerprint density at radius 2 is 1.54 bits per heavy atom. The number of aromatic nitrogens is 3. The molecule has 6 nitrogen and oxygen atoms in total. The smallest absolute Gasteiger partial charge is 0.249 e. The van der Waals surface area contributed by atoms with E-state index in [-0.39, 0.29) is 0 Å². The Morgan fingerprint density at radius 3 is 2.25 bits per heavy atom. The minimum atomic E-state index is 0.469. The highest BCUT2D eigenvalue weighted by molar-refractivity contribution is 5.61. The highest BCUT2D eigenvalue weighted by atomic mass is 15.3. The van der Waals surface area contributed by atoms with E-state index in [1.807, 2.05) is 12.1 Å². The number of anilines is 5. The minimum Gasteiger partial charge on any atom is -0.372 e. The van der Waals surface area contributed by atoms with Crippen molar-refractivity contribution in [2.75, 3.05) is 28.6 Å². The van der Waals surface area contributed by atoms with E-state index in [9.17, 15) is 0 Å². The van der Waals surface area contributed by atoms with Crippen LogP contribution in [0, 0.1) is 12.8 Å². The molecule has 0 radical (unpaired) electrons. The predicted molar refractivity (Wildman–Crippen MR) is 115 cm³/mol. The number of nitrogens with zero attached hydrogens (tertiary/aromatic N) is 4. The molecule has 144 valence electrons. The number of piperidine rings is 1. The molecule has 1 aliphatic heterocycles. The van der Waals surface area contributed by atoms with Crippen molar-refractivity contribution < 1.29 is 0 Å². The summed E-state index contributed by atoms with van der Waals surface area (Å²) in [6.07, 6.45) is 4.14. The van der Waals surface area contributed by atoms with Crippen molar-refractivity contribution >= 4 is 28.8 Å². The first-order valence-electron chi connectivity index (χ1n) is 9.81. The number of hydrogen-bond acceptors (Lipinski definition) is 6. The monoisotopic (exact) mass is 374 g/mol. The van der Waals surface area contributed by atoms with E-state index in [0.29, 0.717) is 11.8 Å². The number of aryl methyl sites for hydroxylation is 1. The summed E-state index contributed by atoms with van der Waals surface area (Å²) in [6.45, 7) is 6.66. The van der Waals surface area contributed by atoms with Crippen molar-refractivity contribution in [1.29, 1.82) is 0 Å². The Morgan fingerprint density at radius 1 is 0.893 bits per heavy atom. The molecule has 2 N–H and O–H groups in total. The molecule has 1 aliphatic rings. The molecule has 0 bridgehead atoms. The van der Waals surface area contributed by atoms with E-state index in [1.54, 1.807) is 6.20 Å². The van der Waals surface area contributed by atoms with Gasteiger partial charge in [-0.05, 0) is 62.1 Å². The summed E-state index contributed by atoms with van der Waals surface area (Å²) in [6, 6.07) is 16.6. The maximum atomic E-state index is 4.50. The number of nitrogens with one attached hydrogen (secondary N) is 2. The molecule has 1 saturated heterocycles. The Bertz CT molecular complexity index is 899. The summed E-state index contributed by atoms with van der Waals surface area (Å²) in [5.74, 6) is 1.96. The molecule has 2 heterocycles. The van der Waals surface area contributed by atoms with Gasteiger partial charge >= 0.3 is 0 Å². The number of rotatable bonds is 5. The fourth-order valence-electron chi connectivity index (χ4n) is 3.35. The molecule has 4 rings (SSSR count). The summed E-state index contributed by atoms with van der Waals surface area (Å²) in [5, 5.41) is 14.6. The lowest BCUT2D eigenvalue weighted by atomic mass is 9.99. The highest BCUT2D eigenvalue weighted by Gasteiger charge is 2.15. The average Bonchev–Trinajstić information content (AvgIpc) is 2.71. The molecule has 1 aromatic heterocycles. The molecule has 0 atom stereocenters. The standard InChI is InChI=1S/C22H26N6/c1-16-3-5-18(6-4-16)24-21-15-23-27-22(26-21)25-19-7-9-20(10-8-19)28-13-11-17(2)12-14-28/h3-10,15,17H,11-14H2,1-2H3,(H2,24,25,26,27). The van der Waals surface area contributed by atoms with E-state index in [1.165, 1.54) is 24.1 Å². The van der Waals surface area contributed by atoms with E-state index in [2.05, 4.69) is 81.0 Å². The number of benzene rings is 2. The van der Waals surface area contributed by atoms with Crippen LogP contribution < -0.4 is 15.5 Å². The zero-order valence-electron chi connectivity index (χ0n) is 16.4. The molecule has 28 heavy (non-hydrogen) atoms. The zero-order chi connectivity index (χ0) is 19.3. The second kappa shape index (κ2) is 8.25. The van der Waals surface area contributed by atoms with Crippen molar-refractivity contribution in [2.24, 2.45) is 5.92 Å².